The van der Waals surface area contributed by atoms with Crippen molar-refractivity contribution in [3.05, 3.63) is 75.9 Å². The second kappa shape index (κ2) is 11.5. The third-order valence-electron chi connectivity index (χ3n) is 7.28. The van der Waals surface area contributed by atoms with E-state index in [1.807, 2.05) is 43.3 Å². The number of aliphatic hydroxyl groups is 1. The topological polar surface area (TPSA) is 117 Å². The summed E-state index contributed by atoms with van der Waals surface area (Å²) in [7, 11) is 0. The lowest BCUT2D eigenvalue weighted by Gasteiger charge is -2.31. The molecule has 1 atom stereocenters. The van der Waals surface area contributed by atoms with Crippen LogP contribution in [0.5, 0.6) is 0 Å². The number of aryl methyl sites for hydroxylation is 1. The first-order valence-corrected chi connectivity index (χ1v) is 13.8. The van der Waals surface area contributed by atoms with Gasteiger partial charge in [0.05, 0.1) is 28.6 Å². The largest absolute Gasteiger partial charge is 0.388 e. The van der Waals surface area contributed by atoms with E-state index in [-0.39, 0.29) is 24.4 Å². The predicted octanol–water partition coefficient (Wildman–Crippen LogP) is 4.28. The van der Waals surface area contributed by atoms with Gasteiger partial charge in [-0.1, -0.05) is 53.6 Å². The maximum absolute atomic E-state index is 13.3. The van der Waals surface area contributed by atoms with Crippen LogP contribution >= 0.6 is 11.6 Å². The summed E-state index contributed by atoms with van der Waals surface area (Å²) in [5.41, 5.74) is 3.19. The van der Waals surface area contributed by atoms with Crippen LogP contribution in [0.15, 0.2) is 48.7 Å². The van der Waals surface area contributed by atoms with E-state index < -0.39 is 11.6 Å². The standard InChI is InChI=1S/C30H34ClN5O4/c1-18-5-4-6-20(13-18)27(30(2,3)39)34-25(37)17-36-16-21-8-7-19(14-23(21)28(36)38)26-24(31)15-32-29(35-26)33-22-9-11-40-12-10-22/h4-8,13-15,22,27,39H,9-12,16-17H2,1-3H3,(H,34,37)(H,32,33,35). The Morgan fingerprint density at radius 3 is 2.73 bits per heavy atom. The third kappa shape index (κ3) is 6.27. The number of nitrogens with one attached hydrogen (secondary N) is 2. The molecule has 210 valence electrons. The van der Waals surface area contributed by atoms with Crippen molar-refractivity contribution < 1.29 is 19.4 Å². The molecule has 3 heterocycles. The van der Waals surface area contributed by atoms with Gasteiger partial charge in [-0.15, -0.1) is 0 Å². The highest BCUT2D eigenvalue weighted by molar-refractivity contribution is 6.33. The highest BCUT2D eigenvalue weighted by atomic mass is 35.5. The number of hydrogen-bond acceptors (Lipinski definition) is 7. The van der Waals surface area contributed by atoms with Gasteiger partial charge in [-0.3, -0.25) is 9.59 Å². The van der Waals surface area contributed by atoms with E-state index in [4.69, 9.17) is 16.3 Å². The van der Waals surface area contributed by atoms with E-state index in [0.717, 1.165) is 29.5 Å². The Labute approximate surface area is 238 Å². The maximum Gasteiger partial charge on any atom is 0.254 e. The molecule has 2 aromatic carbocycles. The lowest BCUT2D eigenvalue weighted by molar-refractivity contribution is -0.124. The Balaban J connectivity index is 1.30. The molecular weight excluding hydrogens is 530 g/mol. The molecule has 0 bridgehead atoms. The molecule has 9 nitrogen and oxygen atoms in total. The summed E-state index contributed by atoms with van der Waals surface area (Å²) in [6, 6.07) is 12.8. The van der Waals surface area contributed by atoms with Crippen molar-refractivity contribution in [1.29, 1.82) is 0 Å². The number of amides is 2. The molecule has 0 aliphatic carbocycles. The second-order valence-electron chi connectivity index (χ2n) is 11.0. The molecular formula is C30H34ClN5O4. The third-order valence-corrected chi connectivity index (χ3v) is 7.56. The maximum atomic E-state index is 13.3. The van der Waals surface area contributed by atoms with Crippen LogP contribution in [0.1, 0.15) is 59.8 Å². The Bertz CT molecular complexity index is 1420. The van der Waals surface area contributed by atoms with E-state index in [0.29, 0.717) is 47.6 Å². The summed E-state index contributed by atoms with van der Waals surface area (Å²) < 4.78 is 5.42. The lowest BCUT2D eigenvalue weighted by Crippen LogP contribution is -2.46. The zero-order valence-corrected chi connectivity index (χ0v) is 23.7. The molecule has 1 unspecified atom stereocenters. The minimum absolute atomic E-state index is 0.130. The first-order chi connectivity index (χ1) is 19.1. The summed E-state index contributed by atoms with van der Waals surface area (Å²) in [6.07, 6.45) is 3.31. The Kier molecular flexibility index (Phi) is 8.07. The Morgan fingerprint density at radius 2 is 2.00 bits per heavy atom. The van der Waals surface area contributed by atoms with Gasteiger partial charge in [0.15, 0.2) is 0 Å². The van der Waals surface area contributed by atoms with Crippen molar-refractivity contribution in [3.8, 4) is 11.3 Å². The van der Waals surface area contributed by atoms with E-state index in [9.17, 15) is 14.7 Å². The van der Waals surface area contributed by atoms with Crippen LogP contribution in [0.4, 0.5) is 5.95 Å². The quantitative estimate of drug-likeness (QED) is 0.374. The predicted molar refractivity (Wildman–Crippen MR) is 153 cm³/mol. The zero-order valence-electron chi connectivity index (χ0n) is 22.9. The van der Waals surface area contributed by atoms with Gasteiger partial charge < -0.3 is 25.4 Å². The van der Waals surface area contributed by atoms with Crippen molar-refractivity contribution in [2.24, 2.45) is 0 Å². The summed E-state index contributed by atoms with van der Waals surface area (Å²) in [5.74, 6) is -0.114. The minimum Gasteiger partial charge on any atom is -0.388 e. The van der Waals surface area contributed by atoms with Crippen LogP contribution < -0.4 is 10.6 Å². The number of nitrogens with zero attached hydrogens (tertiary/aromatic N) is 3. The highest BCUT2D eigenvalue weighted by Crippen LogP contribution is 2.32. The average molecular weight is 564 g/mol. The molecule has 1 aromatic heterocycles. The molecule has 10 heteroatoms. The number of rotatable bonds is 8. The van der Waals surface area contributed by atoms with E-state index in [2.05, 4.69) is 20.6 Å². The van der Waals surface area contributed by atoms with Gasteiger partial charge in [-0.25, -0.2) is 9.97 Å². The smallest absolute Gasteiger partial charge is 0.254 e. The van der Waals surface area contributed by atoms with Crippen LogP contribution in [-0.4, -0.2) is 63.2 Å². The van der Waals surface area contributed by atoms with Crippen molar-refractivity contribution in [1.82, 2.24) is 20.2 Å². The number of benzene rings is 2. The number of fused-ring (bicyclic) bond motifs is 1. The van der Waals surface area contributed by atoms with Crippen LogP contribution in [0.25, 0.3) is 11.3 Å². The second-order valence-corrected chi connectivity index (χ2v) is 11.4. The molecule has 1 fully saturated rings. The fraction of sp³-hybridized carbons (Fsp3) is 0.400. The lowest BCUT2D eigenvalue weighted by atomic mass is 9.91. The molecule has 0 radical (unpaired) electrons. The summed E-state index contributed by atoms with van der Waals surface area (Å²) in [5, 5.41) is 17.4. The van der Waals surface area contributed by atoms with Gasteiger partial charge >= 0.3 is 0 Å². The van der Waals surface area contributed by atoms with Crippen molar-refractivity contribution in [3.63, 3.8) is 0 Å². The highest BCUT2D eigenvalue weighted by Gasteiger charge is 2.33. The van der Waals surface area contributed by atoms with Gasteiger partial charge in [-0.05, 0) is 50.8 Å². The zero-order chi connectivity index (χ0) is 28.4. The molecule has 0 spiro atoms. The number of aromatic nitrogens is 2. The van der Waals surface area contributed by atoms with Crippen LogP contribution in [-0.2, 0) is 16.1 Å². The number of halogens is 1. The Hall–Kier alpha value is -3.53. The molecule has 3 aromatic rings. The summed E-state index contributed by atoms with van der Waals surface area (Å²) in [6.45, 7) is 6.85. The first kappa shape index (κ1) is 28.0. The fourth-order valence-electron chi connectivity index (χ4n) is 5.20. The van der Waals surface area contributed by atoms with Gasteiger partial charge in [0.1, 0.15) is 6.54 Å². The van der Waals surface area contributed by atoms with Crippen LogP contribution in [0, 0.1) is 6.92 Å². The van der Waals surface area contributed by atoms with E-state index in [1.165, 1.54) is 4.90 Å². The number of ether oxygens (including phenoxy) is 1. The minimum atomic E-state index is -1.20. The fourth-order valence-corrected chi connectivity index (χ4v) is 5.40. The molecule has 1 saturated heterocycles. The molecule has 2 aliphatic heterocycles. The number of anilines is 1. The number of carbonyl (C=O) groups is 2. The van der Waals surface area contributed by atoms with Gasteiger partial charge in [0.25, 0.3) is 5.91 Å². The summed E-state index contributed by atoms with van der Waals surface area (Å²) >= 11 is 6.46. The SMILES string of the molecule is Cc1cccc(C(NC(=O)CN2Cc3ccc(-c4nc(NC5CCOCC5)ncc4Cl)cc3C2=O)C(C)(C)O)c1. The van der Waals surface area contributed by atoms with Crippen molar-refractivity contribution >= 4 is 29.4 Å². The Morgan fingerprint density at radius 1 is 1.23 bits per heavy atom. The number of hydrogen-bond donors (Lipinski definition) is 3. The number of carbonyl (C=O) groups excluding carboxylic acids is 2. The molecule has 3 N–H and O–H groups in total. The molecule has 2 aliphatic rings. The van der Waals surface area contributed by atoms with Crippen LogP contribution in [0.2, 0.25) is 5.02 Å². The first-order valence-electron chi connectivity index (χ1n) is 13.5. The molecule has 2 amide bonds. The van der Waals surface area contributed by atoms with Gasteiger partial charge in [0.2, 0.25) is 11.9 Å². The van der Waals surface area contributed by atoms with Crippen molar-refractivity contribution in [2.75, 3.05) is 25.1 Å². The monoisotopic (exact) mass is 563 g/mol. The van der Waals surface area contributed by atoms with Gasteiger partial charge in [0, 0.05) is 36.9 Å². The average Bonchev–Trinajstić information content (AvgIpc) is 3.22. The van der Waals surface area contributed by atoms with E-state index >= 15 is 0 Å². The van der Waals surface area contributed by atoms with Crippen LogP contribution in [0.3, 0.4) is 0 Å². The molecule has 40 heavy (non-hydrogen) atoms. The normalized spacial score (nSPS) is 16.5. The van der Waals surface area contributed by atoms with E-state index in [1.54, 1.807) is 26.1 Å². The van der Waals surface area contributed by atoms with Crippen molar-refractivity contribution in [2.45, 2.75) is 57.8 Å². The summed E-state index contributed by atoms with van der Waals surface area (Å²) in [4.78, 5) is 36.9. The van der Waals surface area contributed by atoms with Gasteiger partial charge in [-0.2, -0.15) is 0 Å². The molecule has 0 saturated carbocycles. The molecule has 5 rings (SSSR count).